The summed E-state index contributed by atoms with van der Waals surface area (Å²) in [6.45, 7) is 5.79. The standard InChI is InChI=1S/C12H17NO/c1-9-5-4-6-10(7-9)8-12(2,3)11(13)14/h4-7H,8H2,1-3H3,(H2,13,14). The van der Waals surface area contributed by atoms with Crippen LogP contribution in [0, 0.1) is 12.3 Å². The lowest BCUT2D eigenvalue weighted by molar-refractivity contribution is -0.125. The van der Waals surface area contributed by atoms with E-state index in [4.69, 9.17) is 5.73 Å². The maximum atomic E-state index is 11.1. The molecular formula is C12H17NO. The summed E-state index contributed by atoms with van der Waals surface area (Å²) in [6.07, 6.45) is 0.698. The first kappa shape index (κ1) is 10.8. The Morgan fingerprint density at radius 3 is 2.57 bits per heavy atom. The van der Waals surface area contributed by atoms with Crippen molar-refractivity contribution in [2.24, 2.45) is 11.1 Å². The molecule has 76 valence electrons. The fourth-order valence-electron chi connectivity index (χ4n) is 1.42. The molecule has 0 radical (unpaired) electrons. The molecule has 1 amide bonds. The molecule has 2 nitrogen and oxygen atoms in total. The number of benzene rings is 1. The first-order chi connectivity index (χ1) is 6.42. The normalized spacial score (nSPS) is 11.4. The van der Waals surface area contributed by atoms with Crippen LogP contribution in [-0.4, -0.2) is 5.91 Å². The van der Waals surface area contributed by atoms with E-state index in [2.05, 4.69) is 6.07 Å². The summed E-state index contributed by atoms with van der Waals surface area (Å²) in [5.41, 5.74) is 7.22. The quantitative estimate of drug-likeness (QED) is 0.780. The second kappa shape index (κ2) is 3.82. The Morgan fingerprint density at radius 1 is 1.43 bits per heavy atom. The first-order valence-corrected chi connectivity index (χ1v) is 4.77. The van der Waals surface area contributed by atoms with Crippen molar-refractivity contribution in [2.45, 2.75) is 27.2 Å². The molecule has 2 heteroatoms. The molecule has 0 aromatic heterocycles. The molecule has 0 atom stereocenters. The van der Waals surface area contributed by atoms with E-state index in [0.29, 0.717) is 6.42 Å². The fraction of sp³-hybridized carbons (Fsp3) is 0.417. The van der Waals surface area contributed by atoms with Gasteiger partial charge in [0.1, 0.15) is 0 Å². The van der Waals surface area contributed by atoms with Crippen molar-refractivity contribution in [2.75, 3.05) is 0 Å². The second-order valence-electron chi connectivity index (χ2n) is 4.41. The Bertz CT molecular complexity index is 342. The molecule has 0 spiro atoms. The van der Waals surface area contributed by atoms with E-state index in [1.807, 2.05) is 39.0 Å². The van der Waals surface area contributed by atoms with E-state index < -0.39 is 5.41 Å². The van der Waals surface area contributed by atoms with Gasteiger partial charge < -0.3 is 5.73 Å². The van der Waals surface area contributed by atoms with Crippen LogP contribution in [0.4, 0.5) is 0 Å². The van der Waals surface area contributed by atoms with Crippen molar-refractivity contribution in [1.29, 1.82) is 0 Å². The van der Waals surface area contributed by atoms with E-state index in [-0.39, 0.29) is 5.91 Å². The molecule has 0 aliphatic carbocycles. The SMILES string of the molecule is Cc1cccc(CC(C)(C)C(N)=O)c1. The van der Waals surface area contributed by atoms with E-state index in [9.17, 15) is 4.79 Å². The topological polar surface area (TPSA) is 43.1 Å². The van der Waals surface area contributed by atoms with Gasteiger partial charge in [-0.2, -0.15) is 0 Å². The predicted octanol–water partition coefficient (Wildman–Crippen LogP) is 2.05. The summed E-state index contributed by atoms with van der Waals surface area (Å²) in [6, 6.07) is 8.16. The molecule has 0 saturated heterocycles. The molecule has 0 bridgehead atoms. The van der Waals surface area contributed by atoms with Gasteiger partial charge in [0.25, 0.3) is 0 Å². The Hall–Kier alpha value is -1.31. The molecule has 1 aromatic carbocycles. The van der Waals surface area contributed by atoms with Gasteiger partial charge in [-0.3, -0.25) is 4.79 Å². The van der Waals surface area contributed by atoms with Gasteiger partial charge in [0.2, 0.25) is 5.91 Å². The van der Waals surface area contributed by atoms with Gasteiger partial charge in [0, 0.05) is 5.41 Å². The third kappa shape index (κ3) is 2.59. The first-order valence-electron chi connectivity index (χ1n) is 4.77. The van der Waals surface area contributed by atoms with Crippen molar-refractivity contribution in [3.63, 3.8) is 0 Å². The van der Waals surface area contributed by atoms with Crippen molar-refractivity contribution in [3.05, 3.63) is 35.4 Å². The molecule has 14 heavy (non-hydrogen) atoms. The van der Waals surface area contributed by atoms with Crippen LogP contribution in [0.15, 0.2) is 24.3 Å². The van der Waals surface area contributed by atoms with Gasteiger partial charge in [-0.15, -0.1) is 0 Å². The zero-order valence-corrected chi connectivity index (χ0v) is 9.00. The molecule has 1 aromatic rings. The van der Waals surface area contributed by atoms with Crippen molar-refractivity contribution in [3.8, 4) is 0 Å². The number of primary amides is 1. The van der Waals surface area contributed by atoms with Gasteiger partial charge >= 0.3 is 0 Å². The van der Waals surface area contributed by atoms with Crippen LogP contribution in [-0.2, 0) is 11.2 Å². The smallest absolute Gasteiger partial charge is 0.223 e. The van der Waals surface area contributed by atoms with Gasteiger partial charge in [-0.05, 0) is 18.9 Å². The van der Waals surface area contributed by atoms with Crippen molar-refractivity contribution < 1.29 is 4.79 Å². The predicted molar refractivity (Wildman–Crippen MR) is 57.9 cm³/mol. The van der Waals surface area contributed by atoms with E-state index in [1.165, 1.54) is 5.56 Å². The highest BCUT2D eigenvalue weighted by atomic mass is 16.1. The third-order valence-electron chi connectivity index (χ3n) is 2.40. The largest absolute Gasteiger partial charge is 0.369 e. The average molecular weight is 191 g/mol. The summed E-state index contributed by atoms with van der Waals surface area (Å²) in [7, 11) is 0. The van der Waals surface area contributed by atoms with Gasteiger partial charge in [-0.1, -0.05) is 43.7 Å². The maximum absolute atomic E-state index is 11.1. The molecule has 0 saturated carbocycles. The van der Waals surface area contributed by atoms with Crippen LogP contribution in [0.5, 0.6) is 0 Å². The minimum atomic E-state index is -0.464. The zero-order valence-electron chi connectivity index (χ0n) is 9.00. The van der Waals surface area contributed by atoms with Gasteiger partial charge in [0.05, 0.1) is 0 Å². The minimum absolute atomic E-state index is 0.251. The highest BCUT2D eigenvalue weighted by Crippen LogP contribution is 2.21. The maximum Gasteiger partial charge on any atom is 0.223 e. The van der Waals surface area contributed by atoms with Crippen LogP contribution in [0.2, 0.25) is 0 Å². The molecule has 0 aliphatic heterocycles. The molecule has 0 unspecified atom stereocenters. The average Bonchev–Trinajstić information content (AvgIpc) is 2.02. The van der Waals surface area contributed by atoms with Crippen LogP contribution in [0.1, 0.15) is 25.0 Å². The fourth-order valence-corrected chi connectivity index (χ4v) is 1.42. The number of hydrogen-bond acceptors (Lipinski definition) is 1. The molecule has 2 N–H and O–H groups in total. The van der Waals surface area contributed by atoms with Crippen LogP contribution < -0.4 is 5.73 Å². The summed E-state index contributed by atoms with van der Waals surface area (Å²) >= 11 is 0. The third-order valence-corrected chi connectivity index (χ3v) is 2.40. The zero-order chi connectivity index (χ0) is 10.8. The Labute approximate surface area is 85.1 Å². The Kier molecular flexibility index (Phi) is 2.94. The lowest BCUT2D eigenvalue weighted by Gasteiger charge is -2.20. The number of carbonyl (C=O) groups is 1. The number of rotatable bonds is 3. The van der Waals surface area contributed by atoms with E-state index in [0.717, 1.165) is 5.56 Å². The van der Waals surface area contributed by atoms with Crippen LogP contribution in [0.3, 0.4) is 0 Å². The van der Waals surface area contributed by atoms with E-state index >= 15 is 0 Å². The Balaban J connectivity index is 2.83. The number of aryl methyl sites for hydroxylation is 1. The summed E-state index contributed by atoms with van der Waals surface area (Å²) in [5.74, 6) is -0.251. The molecule has 0 heterocycles. The Morgan fingerprint density at radius 2 is 2.07 bits per heavy atom. The number of hydrogen-bond donors (Lipinski definition) is 1. The van der Waals surface area contributed by atoms with Crippen LogP contribution >= 0.6 is 0 Å². The van der Waals surface area contributed by atoms with Crippen molar-refractivity contribution in [1.82, 2.24) is 0 Å². The molecule has 0 aliphatic rings. The summed E-state index contributed by atoms with van der Waals surface area (Å²) < 4.78 is 0. The minimum Gasteiger partial charge on any atom is -0.369 e. The number of nitrogens with two attached hydrogens (primary N) is 1. The lowest BCUT2D eigenvalue weighted by Crippen LogP contribution is -2.33. The number of carbonyl (C=O) groups excluding carboxylic acids is 1. The molecule has 1 rings (SSSR count). The molecule has 0 fully saturated rings. The molecular weight excluding hydrogens is 174 g/mol. The van der Waals surface area contributed by atoms with E-state index in [1.54, 1.807) is 0 Å². The monoisotopic (exact) mass is 191 g/mol. The highest BCUT2D eigenvalue weighted by Gasteiger charge is 2.24. The highest BCUT2D eigenvalue weighted by molar-refractivity contribution is 5.80. The summed E-state index contributed by atoms with van der Waals surface area (Å²) in [5, 5.41) is 0. The number of amides is 1. The summed E-state index contributed by atoms with van der Waals surface area (Å²) in [4.78, 5) is 11.1. The lowest BCUT2D eigenvalue weighted by atomic mass is 9.85. The second-order valence-corrected chi connectivity index (χ2v) is 4.41. The van der Waals surface area contributed by atoms with Gasteiger partial charge in [0.15, 0.2) is 0 Å². The van der Waals surface area contributed by atoms with Crippen molar-refractivity contribution >= 4 is 5.91 Å². The van der Waals surface area contributed by atoms with Crippen LogP contribution in [0.25, 0.3) is 0 Å². The van der Waals surface area contributed by atoms with Gasteiger partial charge in [-0.25, -0.2) is 0 Å².